The number of anilines is 1. The van der Waals surface area contributed by atoms with E-state index in [4.69, 9.17) is 16.3 Å². The van der Waals surface area contributed by atoms with Gasteiger partial charge in [-0.15, -0.1) is 0 Å². The van der Waals surface area contributed by atoms with Gasteiger partial charge < -0.3 is 4.74 Å². The number of carbonyl (C=O) groups is 1. The van der Waals surface area contributed by atoms with Crippen LogP contribution in [0.5, 0.6) is 5.75 Å². The van der Waals surface area contributed by atoms with Gasteiger partial charge in [0.1, 0.15) is 10.9 Å². The van der Waals surface area contributed by atoms with Gasteiger partial charge in [-0.25, -0.2) is 9.97 Å². The molecule has 0 bridgehead atoms. The zero-order valence-corrected chi connectivity index (χ0v) is 13.2. The lowest BCUT2D eigenvalue weighted by atomic mass is 10.3. The zero-order chi connectivity index (χ0) is 15.5. The van der Waals surface area contributed by atoms with E-state index < -0.39 is 0 Å². The van der Waals surface area contributed by atoms with Crippen LogP contribution in [0.2, 0.25) is 5.15 Å². The average molecular weight is 334 g/mol. The van der Waals surface area contributed by atoms with Crippen molar-refractivity contribution < 1.29 is 9.53 Å². The van der Waals surface area contributed by atoms with E-state index in [1.54, 1.807) is 12.1 Å². The molecule has 1 amide bonds. The minimum Gasteiger partial charge on any atom is -0.494 e. The maximum Gasteiger partial charge on any atom is 0.259 e. The van der Waals surface area contributed by atoms with Crippen LogP contribution in [0.25, 0.3) is 10.2 Å². The monoisotopic (exact) mass is 333 g/mol. The van der Waals surface area contributed by atoms with Crippen LogP contribution in [-0.2, 0) is 0 Å². The Morgan fingerprint density at radius 3 is 2.95 bits per heavy atom. The number of nitrogens with zero attached hydrogens (tertiary/aromatic N) is 2. The van der Waals surface area contributed by atoms with Gasteiger partial charge in [-0.05, 0) is 37.3 Å². The number of ether oxygens (including phenoxy) is 1. The summed E-state index contributed by atoms with van der Waals surface area (Å²) in [6, 6.07) is 8.83. The van der Waals surface area contributed by atoms with Crippen LogP contribution in [0.1, 0.15) is 17.3 Å². The first-order valence-electron chi connectivity index (χ1n) is 6.62. The third-order valence-electron chi connectivity index (χ3n) is 2.88. The summed E-state index contributed by atoms with van der Waals surface area (Å²) in [6.45, 7) is 2.54. The van der Waals surface area contributed by atoms with E-state index in [-0.39, 0.29) is 5.91 Å². The lowest BCUT2D eigenvalue weighted by Gasteiger charge is -2.00. The van der Waals surface area contributed by atoms with Crippen LogP contribution < -0.4 is 10.1 Å². The Kier molecular flexibility index (Phi) is 4.22. The second kappa shape index (κ2) is 6.29. The number of hydrogen-bond donors (Lipinski definition) is 1. The molecule has 2 heterocycles. The molecule has 0 saturated heterocycles. The zero-order valence-electron chi connectivity index (χ0n) is 11.7. The maximum atomic E-state index is 12.1. The molecule has 1 aromatic carbocycles. The van der Waals surface area contributed by atoms with Gasteiger partial charge in [0.2, 0.25) is 0 Å². The molecule has 0 atom stereocenters. The van der Waals surface area contributed by atoms with Gasteiger partial charge in [0.25, 0.3) is 5.91 Å². The van der Waals surface area contributed by atoms with Gasteiger partial charge in [-0.2, -0.15) is 0 Å². The van der Waals surface area contributed by atoms with Crippen molar-refractivity contribution in [3.05, 3.63) is 47.2 Å². The highest BCUT2D eigenvalue weighted by molar-refractivity contribution is 7.22. The molecule has 22 heavy (non-hydrogen) atoms. The Bertz CT molecular complexity index is 817. The third-order valence-corrected chi connectivity index (χ3v) is 4.04. The standard InChI is InChI=1S/C15H12ClN3O2S/c1-2-21-10-4-5-11-12(7-10)22-15(18-11)19-14(20)9-3-6-13(16)17-8-9/h3-8H,2H2,1H3,(H,18,19,20). The number of amides is 1. The second-order valence-corrected chi connectivity index (χ2v) is 5.82. The van der Waals surface area contributed by atoms with Crippen LogP contribution in [0.3, 0.4) is 0 Å². The van der Waals surface area contributed by atoms with Crippen LogP contribution in [-0.4, -0.2) is 22.5 Å². The molecule has 0 saturated carbocycles. The Morgan fingerprint density at radius 1 is 1.36 bits per heavy atom. The van der Waals surface area contributed by atoms with E-state index >= 15 is 0 Å². The molecule has 0 aliphatic carbocycles. The summed E-state index contributed by atoms with van der Waals surface area (Å²) >= 11 is 7.10. The summed E-state index contributed by atoms with van der Waals surface area (Å²) in [4.78, 5) is 20.4. The lowest BCUT2D eigenvalue weighted by Crippen LogP contribution is -2.11. The van der Waals surface area contributed by atoms with Gasteiger partial charge in [0.15, 0.2) is 5.13 Å². The fourth-order valence-corrected chi connectivity index (χ4v) is 2.90. The molecule has 0 spiro atoms. The SMILES string of the molecule is CCOc1ccc2nc(NC(=O)c3ccc(Cl)nc3)sc2c1. The first-order valence-corrected chi connectivity index (χ1v) is 7.81. The summed E-state index contributed by atoms with van der Waals surface area (Å²) in [5, 5.41) is 3.64. The number of benzene rings is 1. The Labute approximate surface area is 135 Å². The number of rotatable bonds is 4. The molecule has 3 aromatic rings. The number of halogens is 1. The second-order valence-electron chi connectivity index (χ2n) is 4.41. The molecule has 3 rings (SSSR count). The molecule has 0 radical (unpaired) electrons. The number of nitrogens with one attached hydrogen (secondary N) is 1. The number of pyridine rings is 1. The molecule has 0 unspecified atom stereocenters. The smallest absolute Gasteiger partial charge is 0.259 e. The van der Waals surface area contributed by atoms with Crippen molar-refractivity contribution in [3.63, 3.8) is 0 Å². The normalized spacial score (nSPS) is 10.6. The quantitative estimate of drug-likeness (QED) is 0.733. The van der Waals surface area contributed by atoms with Gasteiger partial charge in [0, 0.05) is 6.20 Å². The maximum absolute atomic E-state index is 12.1. The number of aromatic nitrogens is 2. The number of fused-ring (bicyclic) bond motifs is 1. The molecule has 2 aromatic heterocycles. The fourth-order valence-electron chi connectivity index (χ4n) is 1.89. The van der Waals surface area contributed by atoms with E-state index in [0.29, 0.717) is 22.5 Å². The fraction of sp³-hybridized carbons (Fsp3) is 0.133. The molecule has 0 aliphatic heterocycles. The molecule has 5 nitrogen and oxygen atoms in total. The predicted molar refractivity (Wildman–Crippen MR) is 88.0 cm³/mol. The number of thiazole rings is 1. The molecule has 112 valence electrons. The summed E-state index contributed by atoms with van der Waals surface area (Å²) in [5.74, 6) is 0.520. The Balaban J connectivity index is 1.81. The van der Waals surface area contributed by atoms with E-state index in [0.717, 1.165) is 16.0 Å². The highest BCUT2D eigenvalue weighted by atomic mass is 35.5. The minimum absolute atomic E-state index is 0.270. The summed E-state index contributed by atoms with van der Waals surface area (Å²) in [5.41, 5.74) is 1.25. The average Bonchev–Trinajstić information content (AvgIpc) is 2.89. The number of hydrogen-bond acceptors (Lipinski definition) is 5. The van der Waals surface area contributed by atoms with Crippen LogP contribution in [0.4, 0.5) is 5.13 Å². The van der Waals surface area contributed by atoms with Crippen molar-refractivity contribution in [3.8, 4) is 5.75 Å². The molecular formula is C15H12ClN3O2S. The Morgan fingerprint density at radius 2 is 2.23 bits per heavy atom. The molecular weight excluding hydrogens is 322 g/mol. The number of carbonyl (C=O) groups excluding carboxylic acids is 1. The molecule has 7 heteroatoms. The van der Waals surface area contributed by atoms with E-state index in [9.17, 15) is 4.79 Å². The summed E-state index contributed by atoms with van der Waals surface area (Å²) < 4.78 is 6.41. The van der Waals surface area contributed by atoms with Gasteiger partial charge in [-0.3, -0.25) is 10.1 Å². The highest BCUT2D eigenvalue weighted by Gasteiger charge is 2.11. The van der Waals surface area contributed by atoms with Gasteiger partial charge >= 0.3 is 0 Å². The van der Waals surface area contributed by atoms with Crippen LogP contribution in [0, 0.1) is 0 Å². The van der Waals surface area contributed by atoms with Crippen molar-refractivity contribution in [1.82, 2.24) is 9.97 Å². The minimum atomic E-state index is -0.270. The molecule has 0 aliphatic rings. The largest absolute Gasteiger partial charge is 0.494 e. The predicted octanol–water partition coefficient (Wildman–Crippen LogP) is 4.00. The lowest BCUT2D eigenvalue weighted by molar-refractivity contribution is 0.102. The molecule has 0 fully saturated rings. The van der Waals surface area contributed by atoms with E-state index in [1.807, 2.05) is 25.1 Å². The summed E-state index contributed by atoms with van der Waals surface area (Å²) in [7, 11) is 0. The third kappa shape index (κ3) is 3.18. The van der Waals surface area contributed by atoms with Gasteiger partial charge in [-0.1, -0.05) is 22.9 Å². The van der Waals surface area contributed by atoms with E-state index in [2.05, 4.69) is 15.3 Å². The molecule has 1 N–H and O–H groups in total. The van der Waals surface area contributed by atoms with Crippen molar-refractivity contribution in [2.45, 2.75) is 6.92 Å². The van der Waals surface area contributed by atoms with Crippen molar-refractivity contribution in [2.24, 2.45) is 0 Å². The highest BCUT2D eigenvalue weighted by Crippen LogP contribution is 2.29. The van der Waals surface area contributed by atoms with Crippen LogP contribution in [0.15, 0.2) is 36.5 Å². The first-order chi connectivity index (χ1) is 10.7. The van der Waals surface area contributed by atoms with Crippen molar-refractivity contribution >= 4 is 44.2 Å². The topological polar surface area (TPSA) is 64.1 Å². The first kappa shape index (κ1) is 14.7. The Hall–Kier alpha value is -2.18. The van der Waals surface area contributed by atoms with Crippen LogP contribution >= 0.6 is 22.9 Å². The van der Waals surface area contributed by atoms with E-state index in [1.165, 1.54) is 17.5 Å². The van der Waals surface area contributed by atoms with Crippen molar-refractivity contribution in [2.75, 3.05) is 11.9 Å². The summed E-state index contributed by atoms with van der Waals surface area (Å²) in [6.07, 6.45) is 1.43. The van der Waals surface area contributed by atoms with Crippen molar-refractivity contribution in [1.29, 1.82) is 0 Å². The van der Waals surface area contributed by atoms with Gasteiger partial charge in [0.05, 0.1) is 22.4 Å².